The van der Waals surface area contributed by atoms with Gasteiger partial charge in [-0.1, -0.05) is 0 Å². The molecule has 1 aliphatic rings. The first-order valence-electron chi connectivity index (χ1n) is 9.19. The summed E-state index contributed by atoms with van der Waals surface area (Å²) in [4.78, 5) is 20.8. The van der Waals surface area contributed by atoms with Crippen molar-refractivity contribution in [2.75, 3.05) is 25.6 Å². The van der Waals surface area contributed by atoms with Gasteiger partial charge in [-0.2, -0.15) is 4.98 Å². The highest BCUT2D eigenvalue weighted by atomic mass is 19.3. The van der Waals surface area contributed by atoms with E-state index < -0.39 is 12.3 Å². The predicted octanol–water partition coefficient (Wildman–Crippen LogP) is 3.44. The van der Waals surface area contributed by atoms with Gasteiger partial charge in [0.05, 0.1) is 12.2 Å². The second-order valence-electron chi connectivity index (χ2n) is 6.59. The SMILES string of the molecule is COCCOC(=O)c1ccn(-c2nc(Nc3ccc4c(c3)OC(F)(F)O4)ncc2C)c1. The number of anilines is 2. The third-order valence-corrected chi connectivity index (χ3v) is 4.30. The first-order valence-corrected chi connectivity index (χ1v) is 9.19. The first-order chi connectivity index (χ1) is 14.8. The number of fused-ring (bicyclic) bond motifs is 1. The van der Waals surface area contributed by atoms with Crippen LogP contribution in [0.5, 0.6) is 11.5 Å². The Kier molecular flexibility index (Phi) is 5.42. The van der Waals surface area contributed by atoms with Gasteiger partial charge in [-0.25, -0.2) is 9.78 Å². The quantitative estimate of drug-likeness (QED) is 0.448. The van der Waals surface area contributed by atoms with Gasteiger partial charge in [0.15, 0.2) is 11.5 Å². The summed E-state index contributed by atoms with van der Waals surface area (Å²) in [5, 5.41) is 2.94. The van der Waals surface area contributed by atoms with Crippen molar-refractivity contribution in [3.8, 4) is 17.3 Å². The summed E-state index contributed by atoms with van der Waals surface area (Å²) in [6, 6.07) is 5.88. The fourth-order valence-corrected chi connectivity index (χ4v) is 2.86. The Hall–Kier alpha value is -3.73. The number of alkyl halides is 2. The molecular weight excluding hydrogens is 414 g/mol. The van der Waals surface area contributed by atoms with Crippen molar-refractivity contribution in [2.24, 2.45) is 0 Å². The summed E-state index contributed by atoms with van der Waals surface area (Å²) in [6.45, 7) is 2.28. The Labute approximate surface area is 175 Å². The number of rotatable bonds is 7. The van der Waals surface area contributed by atoms with Crippen molar-refractivity contribution in [3.63, 3.8) is 0 Å². The summed E-state index contributed by atoms with van der Waals surface area (Å²) in [5.74, 6) is 0.130. The zero-order valence-corrected chi connectivity index (χ0v) is 16.6. The lowest BCUT2D eigenvalue weighted by atomic mass is 10.3. The minimum Gasteiger partial charge on any atom is -0.460 e. The van der Waals surface area contributed by atoms with Crippen molar-refractivity contribution in [3.05, 3.63) is 54.0 Å². The largest absolute Gasteiger partial charge is 0.586 e. The zero-order valence-electron chi connectivity index (χ0n) is 16.6. The molecule has 9 nitrogen and oxygen atoms in total. The number of methoxy groups -OCH3 is 1. The first kappa shape index (κ1) is 20.5. The van der Waals surface area contributed by atoms with Crippen molar-refractivity contribution in [1.29, 1.82) is 0 Å². The van der Waals surface area contributed by atoms with E-state index in [-0.39, 0.29) is 24.1 Å². The number of ether oxygens (including phenoxy) is 4. The molecule has 11 heteroatoms. The lowest BCUT2D eigenvalue weighted by Crippen LogP contribution is -2.25. The summed E-state index contributed by atoms with van der Waals surface area (Å²) >= 11 is 0. The number of nitrogens with one attached hydrogen (secondary N) is 1. The third kappa shape index (κ3) is 4.56. The predicted molar refractivity (Wildman–Crippen MR) is 104 cm³/mol. The Morgan fingerprint density at radius 2 is 2.03 bits per heavy atom. The average Bonchev–Trinajstić information content (AvgIpc) is 3.32. The Bertz CT molecular complexity index is 1120. The molecule has 0 fully saturated rings. The molecule has 0 bridgehead atoms. The summed E-state index contributed by atoms with van der Waals surface area (Å²) < 4.78 is 46.8. The van der Waals surface area contributed by atoms with E-state index in [0.717, 1.165) is 5.56 Å². The number of esters is 1. The lowest BCUT2D eigenvalue weighted by Gasteiger charge is -2.10. The van der Waals surface area contributed by atoms with E-state index in [9.17, 15) is 13.6 Å². The van der Waals surface area contributed by atoms with Gasteiger partial charge in [-0.05, 0) is 25.1 Å². The molecule has 3 heterocycles. The molecule has 2 aromatic heterocycles. The van der Waals surface area contributed by atoms with Crippen LogP contribution in [-0.2, 0) is 9.47 Å². The van der Waals surface area contributed by atoms with Crippen molar-refractivity contribution in [2.45, 2.75) is 13.2 Å². The maximum Gasteiger partial charge on any atom is 0.586 e. The minimum absolute atomic E-state index is 0.0571. The van der Waals surface area contributed by atoms with Crippen LogP contribution in [0.3, 0.4) is 0 Å². The number of hydrogen-bond donors (Lipinski definition) is 1. The van der Waals surface area contributed by atoms with Crippen LogP contribution in [0, 0.1) is 6.92 Å². The van der Waals surface area contributed by atoms with Crippen LogP contribution >= 0.6 is 0 Å². The van der Waals surface area contributed by atoms with Gasteiger partial charge >= 0.3 is 12.3 Å². The zero-order chi connectivity index (χ0) is 22.0. The van der Waals surface area contributed by atoms with Crippen LogP contribution in [0.15, 0.2) is 42.9 Å². The van der Waals surface area contributed by atoms with Crippen LogP contribution in [0.2, 0.25) is 0 Å². The third-order valence-electron chi connectivity index (χ3n) is 4.30. The molecule has 0 atom stereocenters. The van der Waals surface area contributed by atoms with E-state index >= 15 is 0 Å². The molecule has 0 amide bonds. The topological polar surface area (TPSA) is 96.7 Å². The van der Waals surface area contributed by atoms with Crippen LogP contribution < -0.4 is 14.8 Å². The molecule has 31 heavy (non-hydrogen) atoms. The molecule has 1 aliphatic heterocycles. The van der Waals surface area contributed by atoms with E-state index in [0.29, 0.717) is 23.7 Å². The number of benzene rings is 1. The smallest absolute Gasteiger partial charge is 0.460 e. The minimum atomic E-state index is -3.69. The standard InChI is InChI=1S/C20H18F2N4O5/c1-12-10-23-19(24-14-3-4-15-16(9-14)31-20(21,22)30-15)25-17(12)26-6-5-13(11-26)18(27)29-8-7-28-2/h3-6,9-11H,7-8H2,1-2H3,(H,23,24,25). The lowest BCUT2D eigenvalue weighted by molar-refractivity contribution is -0.286. The summed E-state index contributed by atoms with van der Waals surface area (Å²) in [7, 11) is 1.52. The van der Waals surface area contributed by atoms with Crippen molar-refractivity contribution in [1.82, 2.24) is 14.5 Å². The van der Waals surface area contributed by atoms with E-state index in [1.807, 2.05) is 6.92 Å². The van der Waals surface area contributed by atoms with Gasteiger partial charge in [0.1, 0.15) is 12.4 Å². The Morgan fingerprint density at radius 1 is 1.23 bits per heavy atom. The van der Waals surface area contributed by atoms with Crippen LogP contribution in [0.4, 0.5) is 20.4 Å². The van der Waals surface area contributed by atoms with Crippen LogP contribution in [0.25, 0.3) is 5.82 Å². The van der Waals surface area contributed by atoms with E-state index in [4.69, 9.17) is 9.47 Å². The molecule has 162 valence electrons. The molecular formula is C20H18F2N4O5. The van der Waals surface area contributed by atoms with Crippen molar-refractivity contribution < 1.29 is 32.5 Å². The number of aromatic nitrogens is 3. The number of carbonyl (C=O) groups excluding carboxylic acids is 1. The number of hydrogen-bond acceptors (Lipinski definition) is 8. The molecule has 1 aromatic carbocycles. The number of halogens is 2. The molecule has 0 saturated carbocycles. The fourth-order valence-electron chi connectivity index (χ4n) is 2.86. The maximum atomic E-state index is 13.2. The number of carbonyl (C=O) groups is 1. The molecule has 4 rings (SSSR count). The van der Waals surface area contributed by atoms with E-state index in [2.05, 4.69) is 24.8 Å². The molecule has 0 radical (unpaired) electrons. The summed E-state index contributed by atoms with van der Waals surface area (Å²) in [5.41, 5.74) is 1.55. The molecule has 1 N–H and O–H groups in total. The van der Waals surface area contributed by atoms with Gasteiger partial charge in [-0.3, -0.25) is 0 Å². The highest BCUT2D eigenvalue weighted by molar-refractivity contribution is 5.89. The van der Waals surface area contributed by atoms with E-state index in [1.165, 1.54) is 25.3 Å². The molecule has 3 aromatic rings. The highest BCUT2D eigenvalue weighted by Crippen LogP contribution is 2.42. The maximum absolute atomic E-state index is 13.2. The molecule has 0 spiro atoms. The van der Waals surface area contributed by atoms with Gasteiger partial charge in [0, 0.05) is 43.0 Å². The average molecular weight is 432 g/mol. The van der Waals surface area contributed by atoms with Crippen LogP contribution in [-0.4, -0.2) is 47.1 Å². The second kappa shape index (κ2) is 8.19. The monoisotopic (exact) mass is 432 g/mol. The summed E-state index contributed by atoms with van der Waals surface area (Å²) in [6.07, 6.45) is 1.18. The van der Waals surface area contributed by atoms with Gasteiger partial charge in [0.25, 0.3) is 0 Å². The van der Waals surface area contributed by atoms with Crippen molar-refractivity contribution >= 4 is 17.6 Å². The van der Waals surface area contributed by atoms with Gasteiger partial charge in [0.2, 0.25) is 5.95 Å². The number of nitrogens with zero attached hydrogens (tertiary/aromatic N) is 3. The van der Waals surface area contributed by atoms with Crippen LogP contribution in [0.1, 0.15) is 15.9 Å². The molecule has 0 aliphatic carbocycles. The molecule has 0 saturated heterocycles. The Morgan fingerprint density at radius 3 is 2.84 bits per heavy atom. The van der Waals surface area contributed by atoms with E-state index in [1.54, 1.807) is 29.2 Å². The van der Waals surface area contributed by atoms with Gasteiger partial charge < -0.3 is 28.8 Å². The highest BCUT2D eigenvalue weighted by Gasteiger charge is 2.43. The normalized spacial score (nSPS) is 13.8. The second-order valence-corrected chi connectivity index (χ2v) is 6.59. The molecule has 0 unspecified atom stereocenters. The number of aryl methyl sites for hydroxylation is 1. The Balaban J connectivity index is 1.52. The fraction of sp³-hybridized carbons (Fsp3) is 0.250. The van der Waals surface area contributed by atoms with Gasteiger partial charge in [-0.15, -0.1) is 8.78 Å².